The van der Waals surface area contributed by atoms with Gasteiger partial charge in [0, 0.05) is 11.5 Å². The van der Waals surface area contributed by atoms with E-state index in [1.54, 1.807) is 28.4 Å². The number of aryl methyl sites for hydroxylation is 1. The fourth-order valence-corrected chi connectivity index (χ4v) is 3.63. The largest absolute Gasteiger partial charge is 0.497 e. The first-order valence-corrected chi connectivity index (χ1v) is 8.19. The van der Waals surface area contributed by atoms with Gasteiger partial charge in [0.1, 0.15) is 5.75 Å². The van der Waals surface area contributed by atoms with E-state index in [9.17, 15) is 0 Å². The van der Waals surface area contributed by atoms with E-state index in [0.29, 0.717) is 5.75 Å². The molecule has 3 rings (SSSR count). The lowest BCUT2D eigenvalue weighted by molar-refractivity contribution is 0.319. The molecule has 128 valence electrons. The van der Waals surface area contributed by atoms with Crippen molar-refractivity contribution in [3.63, 3.8) is 0 Å². The Morgan fingerprint density at radius 1 is 0.833 bits per heavy atom. The van der Waals surface area contributed by atoms with Crippen LogP contribution in [0.2, 0.25) is 0 Å². The Bertz CT molecular complexity index is 707. The fourth-order valence-electron chi connectivity index (χ4n) is 3.63. The molecule has 24 heavy (non-hydrogen) atoms. The highest BCUT2D eigenvalue weighted by molar-refractivity contribution is 5.62. The number of rotatable bonds is 5. The van der Waals surface area contributed by atoms with E-state index in [1.807, 2.05) is 12.1 Å². The van der Waals surface area contributed by atoms with Gasteiger partial charge in [0.25, 0.3) is 0 Å². The molecule has 0 fully saturated rings. The molecule has 0 bridgehead atoms. The third-order valence-corrected chi connectivity index (χ3v) is 4.76. The van der Waals surface area contributed by atoms with Gasteiger partial charge in [0.2, 0.25) is 5.75 Å². The maximum atomic E-state index is 5.74. The molecule has 0 aromatic heterocycles. The summed E-state index contributed by atoms with van der Waals surface area (Å²) >= 11 is 0. The zero-order valence-corrected chi connectivity index (χ0v) is 14.7. The van der Waals surface area contributed by atoms with Crippen LogP contribution >= 0.6 is 0 Å². The van der Waals surface area contributed by atoms with Crippen LogP contribution in [0, 0.1) is 0 Å². The number of ether oxygens (including phenoxy) is 4. The lowest BCUT2D eigenvalue weighted by Gasteiger charge is -2.29. The predicted molar refractivity (Wildman–Crippen MR) is 93.9 cm³/mol. The minimum atomic E-state index is 0.286. The van der Waals surface area contributed by atoms with E-state index in [2.05, 4.69) is 18.2 Å². The predicted octanol–water partition coefficient (Wildman–Crippen LogP) is 4.19. The molecule has 1 aliphatic rings. The van der Waals surface area contributed by atoms with Crippen molar-refractivity contribution in [1.29, 1.82) is 0 Å². The van der Waals surface area contributed by atoms with E-state index in [-0.39, 0.29) is 5.92 Å². The van der Waals surface area contributed by atoms with Gasteiger partial charge in [0.15, 0.2) is 11.5 Å². The van der Waals surface area contributed by atoms with E-state index < -0.39 is 0 Å². The molecular formula is C20H24O4. The van der Waals surface area contributed by atoms with Crippen molar-refractivity contribution in [3.05, 3.63) is 47.0 Å². The van der Waals surface area contributed by atoms with Crippen LogP contribution in [0.25, 0.3) is 0 Å². The zero-order valence-electron chi connectivity index (χ0n) is 14.7. The topological polar surface area (TPSA) is 36.9 Å². The molecule has 0 heterocycles. The van der Waals surface area contributed by atoms with Gasteiger partial charge in [-0.15, -0.1) is 0 Å². The van der Waals surface area contributed by atoms with Crippen LogP contribution in [0.1, 0.15) is 35.4 Å². The van der Waals surface area contributed by atoms with Gasteiger partial charge in [-0.2, -0.15) is 0 Å². The van der Waals surface area contributed by atoms with Crippen LogP contribution in [0.15, 0.2) is 30.3 Å². The molecule has 2 aromatic rings. The SMILES string of the molecule is COc1ccc(C2CCCc3cc(OC)c(OC)c(OC)c32)cc1. The van der Waals surface area contributed by atoms with Crippen molar-refractivity contribution in [3.8, 4) is 23.0 Å². The molecule has 4 heteroatoms. The molecule has 0 amide bonds. The van der Waals surface area contributed by atoms with Crippen molar-refractivity contribution < 1.29 is 18.9 Å². The summed E-state index contributed by atoms with van der Waals surface area (Å²) in [4.78, 5) is 0. The fraction of sp³-hybridized carbons (Fsp3) is 0.400. The molecule has 1 atom stereocenters. The Labute approximate surface area is 143 Å². The number of methoxy groups -OCH3 is 4. The lowest BCUT2D eigenvalue weighted by atomic mass is 9.78. The first kappa shape index (κ1) is 16.5. The molecule has 1 aliphatic carbocycles. The normalized spacial score (nSPS) is 16.2. The van der Waals surface area contributed by atoms with Crippen LogP contribution in [0.5, 0.6) is 23.0 Å². The first-order chi connectivity index (χ1) is 11.7. The van der Waals surface area contributed by atoms with Gasteiger partial charge in [-0.25, -0.2) is 0 Å². The Morgan fingerprint density at radius 3 is 2.12 bits per heavy atom. The van der Waals surface area contributed by atoms with Crippen molar-refractivity contribution in [2.75, 3.05) is 28.4 Å². The van der Waals surface area contributed by atoms with Gasteiger partial charge in [0.05, 0.1) is 28.4 Å². The average molecular weight is 328 g/mol. The summed E-state index contributed by atoms with van der Waals surface area (Å²) in [5.41, 5.74) is 3.76. The first-order valence-electron chi connectivity index (χ1n) is 8.19. The van der Waals surface area contributed by atoms with Crippen LogP contribution in [0.3, 0.4) is 0 Å². The van der Waals surface area contributed by atoms with E-state index in [0.717, 1.165) is 36.5 Å². The summed E-state index contributed by atoms with van der Waals surface area (Å²) in [6.45, 7) is 0. The Morgan fingerprint density at radius 2 is 1.54 bits per heavy atom. The Hall–Kier alpha value is -2.36. The van der Waals surface area contributed by atoms with Crippen LogP contribution in [-0.4, -0.2) is 28.4 Å². The number of fused-ring (bicyclic) bond motifs is 1. The summed E-state index contributed by atoms with van der Waals surface area (Å²) in [6.07, 6.45) is 3.26. The van der Waals surface area contributed by atoms with E-state index in [1.165, 1.54) is 16.7 Å². The third kappa shape index (κ3) is 2.77. The third-order valence-electron chi connectivity index (χ3n) is 4.76. The van der Waals surface area contributed by atoms with Crippen LogP contribution in [-0.2, 0) is 6.42 Å². The maximum absolute atomic E-state index is 5.74. The average Bonchev–Trinajstić information content (AvgIpc) is 2.65. The second-order valence-electron chi connectivity index (χ2n) is 5.94. The summed E-state index contributed by atoms with van der Waals surface area (Å²) in [7, 11) is 6.69. The number of hydrogen-bond donors (Lipinski definition) is 0. The molecule has 0 aliphatic heterocycles. The van der Waals surface area contributed by atoms with Crippen LogP contribution in [0.4, 0.5) is 0 Å². The van der Waals surface area contributed by atoms with Gasteiger partial charge in [-0.1, -0.05) is 12.1 Å². The highest BCUT2D eigenvalue weighted by atomic mass is 16.5. The number of benzene rings is 2. The molecule has 4 nitrogen and oxygen atoms in total. The standard InChI is InChI=1S/C20H24O4/c1-21-15-10-8-13(9-11-15)16-7-5-6-14-12-17(22-2)19(23-3)20(24-4)18(14)16/h8-12,16H,5-7H2,1-4H3. The molecule has 1 unspecified atom stereocenters. The van der Waals surface area contributed by atoms with Gasteiger partial charge in [-0.05, 0) is 48.6 Å². The molecule has 2 aromatic carbocycles. The summed E-state index contributed by atoms with van der Waals surface area (Å²) < 4.78 is 22.1. The Balaban J connectivity index is 2.14. The second kappa shape index (κ2) is 7.04. The Kier molecular flexibility index (Phi) is 4.84. The van der Waals surface area contributed by atoms with Gasteiger partial charge < -0.3 is 18.9 Å². The molecule has 0 spiro atoms. The highest BCUT2D eigenvalue weighted by Gasteiger charge is 2.30. The second-order valence-corrected chi connectivity index (χ2v) is 5.94. The molecule has 0 N–H and O–H groups in total. The molecule has 0 saturated heterocycles. The van der Waals surface area contributed by atoms with Gasteiger partial charge >= 0.3 is 0 Å². The monoisotopic (exact) mass is 328 g/mol. The summed E-state index contributed by atoms with van der Waals surface area (Å²) in [5, 5.41) is 0. The smallest absolute Gasteiger partial charge is 0.203 e. The lowest BCUT2D eigenvalue weighted by Crippen LogP contribution is -2.14. The quantitative estimate of drug-likeness (QED) is 0.825. The maximum Gasteiger partial charge on any atom is 0.203 e. The molecular weight excluding hydrogens is 304 g/mol. The van der Waals surface area contributed by atoms with Gasteiger partial charge in [-0.3, -0.25) is 0 Å². The highest BCUT2D eigenvalue weighted by Crippen LogP contribution is 2.50. The van der Waals surface area contributed by atoms with E-state index >= 15 is 0 Å². The van der Waals surface area contributed by atoms with Crippen molar-refractivity contribution in [2.24, 2.45) is 0 Å². The molecule has 0 radical (unpaired) electrons. The number of hydrogen-bond acceptors (Lipinski definition) is 4. The summed E-state index contributed by atoms with van der Waals surface area (Å²) in [6, 6.07) is 10.4. The van der Waals surface area contributed by atoms with Crippen molar-refractivity contribution in [1.82, 2.24) is 0 Å². The van der Waals surface area contributed by atoms with Crippen molar-refractivity contribution in [2.45, 2.75) is 25.2 Å². The minimum Gasteiger partial charge on any atom is -0.497 e. The zero-order chi connectivity index (χ0) is 17.1. The van der Waals surface area contributed by atoms with Crippen molar-refractivity contribution >= 4 is 0 Å². The molecule has 0 saturated carbocycles. The van der Waals surface area contributed by atoms with E-state index in [4.69, 9.17) is 18.9 Å². The summed E-state index contributed by atoms with van der Waals surface area (Å²) in [5.74, 6) is 3.33. The minimum absolute atomic E-state index is 0.286. The van der Waals surface area contributed by atoms with Crippen LogP contribution < -0.4 is 18.9 Å².